The van der Waals surface area contributed by atoms with E-state index in [1.165, 1.54) is 29.2 Å². The third kappa shape index (κ3) is 7.67. The zero-order valence-electron chi connectivity index (χ0n) is 19.2. The smallest absolute Gasteiger partial charge is 0.420 e. The molecule has 0 bridgehead atoms. The zero-order chi connectivity index (χ0) is 26.4. The monoisotopic (exact) mass is 563 g/mol. The molecular formula is C26H21Cl2F2N3O3S. The van der Waals surface area contributed by atoms with Crippen LogP contribution in [0.4, 0.5) is 20.2 Å². The maximum absolute atomic E-state index is 13.2. The Morgan fingerprint density at radius 2 is 1.76 bits per heavy atom. The van der Waals surface area contributed by atoms with Crippen LogP contribution >= 0.6 is 35.0 Å². The lowest BCUT2D eigenvalue weighted by Gasteiger charge is -2.32. The van der Waals surface area contributed by atoms with Crippen LogP contribution in [0.15, 0.2) is 83.9 Å². The lowest BCUT2D eigenvalue weighted by Crippen LogP contribution is -2.46. The molecule has 0 unspecified atom stereocenters. The zero-order valence-corrected chi connectivity index (χ0v) is 21.6. The quantitative estimate of drug-likeness (QED) is 0.309. The lowest BCUT2D eigenvalue weighted by molar-refractivity contribution is -0.129. The van der Waals surface area contributed by atoms with Gasteiger partial charge in [-0.3, -0.25) is 14.5 Å². The average Bonchev–Trinajstić information content (AvgIpc) is 2.85. The number of nitrogens with zero attached hydrogens (tertiary/aromatic N) is 2. The molecule has 1 N–H and O–H groups in total. The summed E-state index contributed by atoms with van der Waals surface area (Å²) in [4.78, 5) is 32.3. The second-order valence-corrected chi connectivity index (χ2v) is 10.0. The van der Waals surface area contributed by atoms with E-state index in [4.69, 9.17) is 23.2 Å². The number of amides is 2. The van der Waals surface area contributed by atoms with Gasteiger partial charge in [-0.05, 0) is 48.4 Å². The van der Waals surface area contributed by atoms with Gasteiger partial charge in [-0.2, -0.15) is 0 Å². The van der Waals surface area contributed by atoms with E-state index in [9.17, 15) is 18.4 Å². The largest absolute Gasteiger partial charge is 0.487 e. The van der Waals surface area contributed by atoms with E-state index >= 15 is 0 Å². The van der Waals surface area contributed by atoms with Gasteiger partial charge in [0.15, 0.2) is 5.17 Å². The molecule has 1 heterocycles. The molecule has 3 aromatic rings. The Bertz CT molecular complexity index is 1290. The molecule has 1 fully saturated rings. The topological polar surface area (TPSA) is 71.0 Å². The minimum absolute atomic E-state index is 0.0215. The summed E-state index contributed by atoms with van der Waals surface area (Å²) in [5.41, 5.74) is -1.96. The van der Waals surface area contributed by atoms with Crippen molar-refractivity contribution in [1.82, 2.24) is 4.90 Å². The van der Waals surface area contributed by atoms with Crippen molar-refractivity contribution in [1.29, 1.82) is 0 Å². The number of hydrogen-bond acceptors (Lipinski definition) is 5. The Kier molecular flexibility index (Phi) is 8.68. The molecule has 3 aromatic carbocycles. The van der Waals surface area contributed by atoms with Gasteiger partial charge in [0.25, 0.3) is 0 Å². The average molecular weight is 564 g/mol. The fourth-order valence-corrected chi connectivity index (χ4v) is 4.95. The maximum Gasteiger partial charge on any atom is 0.487 e. The SMILES string of the molecule is O=C(Nc1ccccc1Cl)[C@@H]1CC(=O)N(CCc2ccccc2)C(=Nc2ccc(OC(F)(F)Cl)cc2)S1. The minimum Gasteiger partial charge on any atom is -0.420 e. The van der Waals surface area contributed by atoms with Gasteiger partial charge in [-0.1, -0.05) is 65.8 Å². The number of benzene rings is 3. The van der Waals surface area contributed by atoms with Crippen molar-refractivity contribution >= 4 is 63.3 Å². The first kappa shape index (κ1) is 26.9. The predicted molar refractivity (Wildman–Crippen MR) is 143 cm³/mol. The van der Waals surface area contributed by atoms with Crippen molar-refractivity contribution in [3.8, 4) is 5.75 Å². The van der Waals surface area contributed by atoms with Gasteiger partial charge in [-0.15, -0.1) is 8.78 Å². The molecule has 37 heavy (non-hydrogen) atoms. The van der Waals surface area contributed by atoms with Crippen LogP contribution in [0, 0.1) is 0 Å². The maximum atomic E-state index is 13.2. The number of aliphatic imine (C=N–C) groups is 1. The standard InChI is InChI=1S/C26H21Cl2F2N3O3S/c27-20-8-4-5-9-21(20)32-24(35)22-16-23(34)33(15-14-17-6-2-1-3-7-17)25(37-22)31-18-10-12-19(13-11-18)36-26(28,29)30/h1-13,22H,14-16H2,(H,32,35)/t22-/m0/s1. The molecule has 0 aromatic heterocycles. The third-order valence-electron chi connectivity index (χ3n) is 5.33. The molecule has 6 nitrogen and oxygen atoms in total. The second-order valence-electron chi connectivity index (χ2n) is 8.00. The number of thioether (sulfide) groups is 1. The summed E-state index contributed by atoms with van der Waals surface area (Å²) < 4.78 is 30.2. The Labute approximate surface area is 226 Å². The fourth-order valence-electron chi connectivity index (χ4n) is 3.56. The first-order valence-corrected chi connectivity index (χ1v) is 12.8. The van der Waals surface area contributed by atoms with Crippen molar-refractivity contribution in [2.24, 2.45) is 4.99 Å². The Morgan fingerprint density at radius 3 is 2.43 bits per heavy atom. The number of para-hydroxylation sites is 1. The number of alkyl halides is 3. The molecule has 192 valence electrons. The van der Waals surface area contributed by atoms with Crippen molar-refractivity contribution < 1.29 is 23.1 Å². The first-order chi connectivity index (χ1) is 17.7. The molecule has 0 radical (unpaired) electrons. The van der Waals surface area contributed by atoms with Gasteiger partial charge in [0.05, 0.1) is 16.4 Å². The molecular weight excluding hydrogens is 543 g/mol. The molecule has 1 saturated heterocycles. The van der Waals surface area contributed by atoms with Crippen molar-refractivity contribution in [2.75, 3.05) is 11.9 Å². The number of ether oxygens (including phenoxy) is 1. The highest BCUT2D eigenvalue weighted by Crippen LogP contribution is 2.32. The number of nitrogens with one attached hydrogen (secondary N) is 1. The van der Waals surface area contributed by atoms with Gasteiger partial charge >= 0.3 is 5.57 Å². The Balaban J connectivity index is 1.56. The number of carbonyl (C=O) groups excluding carboxylic acids is 2. The van der Waals surface area contributed by atoms with E-state index in [2.05, 4.69) is 15.0 Å². The van der Waals surface area contributed by atoms with Crippen LogP contribution in [0.1, 0.15) is 12.0 Å². The van der Waals surface area contributed by atoms with E-state index in [1.54, 1.807) is 24.3 Å². The Hall–Kier alpha value is -3.14. The van der Waals surface area contributed by atoms with Crippen molar-refractivity contribution in [2.45, 2.75) is 23.7 Å². The number of rotatable bonds is 8. The van der Waals surface area contributed by atoms with Crippen LogP contribution in [0.2, 0.25) is 5.02 Å². The fraction of sp³-hybridized carbons (Fsp3) is 0.192. The normalized spacial score (nSPS) is 17.1. The highest BCUT2D eigenvalue weighted by atomic mass is 35.5. The van der Waals surface area contributed by atoms with Crippen LogP contribution < -0.4 is 10.1 Å². The second kappa shape index (κ2) is 11.9. The lowest BCUT2D eigenvalue weighted by atomic mass is 10.1. The number of hydrogen-bond donors (Lipinski definition) is 1. The van der Waals surface area contributed by atoms with Crippen LogP contribution in [-0.4, -0.2) is 39.2 Å². The van der Waals surface area contributed by atoms with Crippen LogP contribution in [0.25, 0.3) is 0 Å². The summed E-state index contributed by atoms with van der Waals surface area (Å²) in [5, 5.41) is 2.73. The molecule has 11 heteroatoms. The van der Waals surface area contributed by atoms with E-state index in [0.29, 0.717) is 34.5 Å². The number of amidine groups is 1. The van der Waals surface area contributed by atoms with Gasteiger partial charge in [0, 0.05) is 24.6 Å². The molecule has 0 saturated carbocycles. The molecule has 0 spiro atoms. The summed E-state index contributed by atoms with van der Waals surface area (Å²) >= 11 is 12.1. The van der Waals surface area contributed by atoms with Crippen LogP contribution in [0.5, 0.6) is 5.75 Å². The van der Waals surface area contributed by atoms with Crippen molar-refractivity contribution in [3.05, 3.63) is 89.4 Å². The van der Waals surface area contributed by atoms with Gasteiger partial charge < -0.3 is 10.1 Å². The molecule has 2 amide bonds. The van der Waals surface area contributed by atoms with E-state index < -0.39 is 10.8 Å². The van der Waals surface area contributed by atoms with Gasteiger partial charge in [0.1, 0.15) is 11.0 Å². The molecule has 1 aliphatic rings. The van der Waals surface area contributed by atoms with Crippen LogP contribution in [-0.2, 0) is 16.0 Å². The summed E-state index contributed by atoms with van der Waals surface area (Å²) in [7, 11) is 0. The predicted octanol–water partition coefficient (Wildman–Crippen LogP) is 6.71. The molecule has 4 rings (SSSR count). The van der Waals surface area contributed by atoms with Crippen molar-refractivity contribution in [3.63, 3.8) is 0 Å². The Morgan fingerprint density at radius 1 is 1.08 bits per heavy atom. The highest BCUT2D eigenvalue weighted by molar-refractivity contribution is 8.15. The van der Waals surface area contributed by atoms with Gasteiger partial charge in [0.2, 0.25) is 11.8 Å². The van der Waals surface area contributed by atoms with E-state index in [0.717, 1.165) is 17.3 Å². The summed E-state index contributed by atoms with van der Waals surface area (Å²) in [6.07, 6.45) is 0.562. The van der Waals surface area contributed by atoms with E-state index in [1.807, 2.05) is 30.3 Å². The third-order valence-corrected chi connectivity index (χ3v) is 6.92. The number of carbonyl (C=O) groups is 2. The number of anilines is 1. The van der Waals surface area contributed by atoms with E-state index in [-0.39, 0.29) is 24.0 Å². The summed E-state index contributed by atoms with van der Waals surface area (Å²) in [6.45, 7) is 0.354. The highest BCUT2D eigenvalue weighted by Gasteiger charge is 2.36. The minimum atomic E-state index is -3.84. The molecule has 1 aliphatic heterocycles. The van der Waals surface area contributed by atoms with Crippen LogP contribution in [0.3, 0.4) is 0 Å². The molecule has 0 aliphatic carbocycles. The number of halogens is 4. The summed E-state index contributed by atoms with van der Waals surface area (Å²) in [6, 6.07) is 22.0. The first-order valence-electron chi connectivity index (χ1n) is 11.2. The molecule has 1 atom stereocenters. The van der Waals surface area contributed by atoms with Gasteiger partial charge in [-0.25, -0.2) is 4.99 Å². The summed E-state index contributed by atoms with van der Waals surface area (Å²) in [5.74, 6) is -0.779.